The van der Waals surface area contributed by atoms with E-state index in [4.69, 9.17) is 5.73 Å². The molecule has 1 aromatic heterocycles. The zero-order valence-corrected chi connectivity index (χ0v) is 18.4. The van der Waals surface area contributed by atoms with Crippen molar-refractivity contribution in [3.05, 3.63) is 82.3 Å². The topological polar surface area (TPSA) is 104 Å². The highest BCUT2D eigenvalue weighted by Gasteiger charge is 2.32. The van der Waals surface area contributed by atoms with Gasteiger partial charge in [0.15, 0.2) is 0 Å². The first-order valence-electron chi connectivity index (χ1n) is 10.6. The third-order valence-electron chi connectivity index (χ3n) is 6.17. The number of halogens is 1. The smallest absolute Gasteiger partial charge is 0.239 e. The number of nitrogens with two attached hydrogens (primary N) is 1. The molecule has 1 atom stereocenters. The standard InChI is InChI=1S/C25H24FN5O2/c1-15-16(2)31(20-9-5-8-19(26)11-20)25(21(15)12-27)29-23(32)14-30-13-18-7-4-3-6-17(18)10-22(30)24(28)33/h3-9,11,22H,10,13-14H2,1-2H3,(H2,28,33)(H,29,32)/t22-/m0/s1. The molecule has 2 amide bonds. The number of benzene rings is 2. The van der Waals surface area contributed by atoms with Crippen molar-refractivity contribution in [3.63, 3.8) is 0 Å². The number of nitrogens with zero attached hydrogens (tertiary/aromatic N) is 3. The van der Waals surface area contributed by atoms with Gasteiger partial charge in [-0.05, 0) is 55.2 Å². The van der Waals surface area contributed by atoms with Crippen LogP contribution in [0.1, 0.15) is 27.9 Å². The van der Waals surface area contributed by atoms with Crippen LogP contribution >= 0.6 is 0 Å². The third kappa shape index (κ3) is 4.23. The Bertz CT molecular complexity index is 1290. The van der Waals surface area contributed by atoms with Crippen LogP contribution in [0.2, 0.25) is 0 Å². The van der Waals surface area contributed by atoms with E-state index in [2.05, 4.69) is 11.4 Å². The summed E-state index contributed by atoms with van der Waals surface area (Å²) in [5.74, 6) is -1.04. The van der Waals surface area contributed by atoms with Crippen molar-refractivity contribution in [1.82, 2.24) is 9.47 Å². The molecule has 0 radical (unpaired) electrons. The number of aromatic nitrogens is 1. The predicted molar refractivity (Wildman–Crippen MR) is 122 cm³/mol. The summed E-state index contributed by atoms with van der Waals surface area (Å²) in [7, 11) is 0. The van der Waals surface area contributed by atoms with Gasteiger partial charge in [-0.2, -0.15) is 5.26 Å². The number of carbonyl (C=O) groups excluding carboxylic acids is 2. The Labute approximate surface area is 191 Å². The van der Waals surface area contributed by atoms with E-state index in [1.165, 1.54) is 12.1 Å². The molecule has 0 saturated carbocycles. The molecule has 0 aliphatic carbocycles. The highest BCUT2D eigenvalue weighted by molar-refractivity contribution is 5.94. The number of rotatable bonds is 5. The van der Waals surface area contributed by atoms with Crippen LogP contribution in [0.4, 0.5) is 10.2 Å². The largest absolute Gasteiger partial charge is 0.368 e. The van der Waals surface area contributed by atoms with E-state index in [0.29, 0.717) is 29.8 Å². The lowest BCUT2D eigenvalue weighted by molar-refractivity contribution is -0.125. The maximum Gasteiger partial charge on any atom is 0.239 e. The van der Waals surface area contributed by atoms with Gasteiger partial charge in [0.1, 0.15) is 17.7 Å². The van der Waals surface area contributed by atoms with Crippen molar-refractivity contribution in [1.29, 1.82) is 5.26 Å². The fourth-order valence-electron chi connectivity index (χ4n) is 4.38. The van der Waals surface area contributed by atoms with Crippen molar-refractivity contribution < 1.29 is 14.0 Å². The average molecular weight is 445 g/mol. The van der Waals surface area contributed by atoms with Gasteiger partial charge in [-0.25, -0.2) is 4.39 Å². The Hall–Kier alpha value is -3.96. The second-order valence-corrected chi connectivity index (χ2v) is 8.21. The molecule has 2 heterocycles. The Morgan fingerprint density at radius 3 is 2.58 bits per heavy atom. The van der Waals surface area contributed by atoms with E-state index in [-0.39, 0.29) is 12.4 Å². The molecule has 1 aliphatic rings. The minimum Gasteiger partial charge on any atom is -0.368 e. The summed E-state index contributed by atoms with van der Waals surface area (Å²) >= 11 is 0. The molecule has 4 rings (SSSR count). The first-order chi connectivity index (χ1) is 15.8. The number of nitrogens with one attached hydrogen (secondary N) is 1. The Morgan fingerprint density at radius 2 is 1.91 bits per heavy atom. The molecule has 168 valence electrons. The van der Waals surface area contributed by atoms with Gasteiger partial charge in [0.2, 0.25) is 11.8 Å². The maximum absolute atomic E-state index is 13.9. The van der Waals surface area contributed by atoms with Crippen LogP contribution in [0.5, 0.6) is 0 Å². The molecule has 8 heteroatoms. The number of hydrogen-bond acceptors (Lipinski definition) is 4. The molecule has 33 heavy (non-hydrogen) atoms. The van der Waals surface area contributed by atoms with Crippen LogP contribution in [0.3, 0.4) is 0 Å². The normalized spacial score (nSPS) is 15.5. The molecule has 0 fully saturated rings. The number of carbonyl (C=O) groups is 2. The van der Waals surface area contributed by atoms with Gasteiger partial charge in [0.05, 0.1) is 23.8 Å². The van der Waals surface area contributed by atoms with Crippen molar-refractivity contribution in [2.24, 2.45) is 5.73 Å². The summed E-state index contributed by atoms with van der Waals surface area (Å²) in [6, 6.07) is 15.2. The molecule has 2 aromatic carbocycles. The van der Waals surface area contributed by atoms with Crippen molar-refractivity contribution in [2.75, 3.05) is 11.9 Å². The van der Waals surface area contributed by atoms with E-state index in [0.717, 1.165) is 16.8 Å². The molecule has 1 aliphatic heterocycles. The van der Waals surface area contributed by atoms with E-state index in [1.54, 1.807) is 35.4 Å². The highest BCUT2D eigenvalue weighted by atomic mass is 19.1. The van der Waals surface area contributed by atoms with Gasteiger partial charge in [-0.15, -0.1) is 0 Å². The Balaban J connectivity index is 1.64. The summed E-state index contributed by atoms with van der Waals surface area (Å²) in [5, 5.41) is 12.6. The molecule has 0 spiro atoms. The molecule has 3 N–H and O–H groups in total. The van der Waals surface area contributed by atoms with Gasteiger partial charge in [-0.1, -0.05) is 30.3 Å². The highest BCUT2D eigenvalue weighted by Crippen LogP contribution is 2.30. The molecule has 3 aromatic rings. The number of nitriles is 1. The second-order valence-electron chi connectivity index (χ2n) is 8.21. The van der Waals surface area contributed by atoms with Crippen LogP contribution in [0.15, 0.2) is 48.5 Å². The minimum absolute atomic E-state index is 0.0841. The van der Waals surface area contributed by atoms with Crippen LogP contribution in [-0.2, 0) is 22.6 Å². The lowest BCUT2D eigenvalue weighted by Gasteiger charge is -2.34. The summed E-state index contributed by atoms with van der Waals surface area (Å²) in [5.41, 5.74) is 9.92. The minimum atomic E-state index is -0.612. The van der Waals surface area contributed by atoms with E-state index >= 15 is 0 Å². The van der Waals surface area contributed by atoms with Crippen LogP contribution in [0, 0.1) is 31.0 Å². The monoisotopic (exact) mass is 445 g/mol. The quantitative estimate of drug-likeness (QED) is 0.630. The van der Waals surface area contributed by atoms with Crippen molar-refractivity contribution >= 4 is 17.6 Å². The summed E-state index contributed by atoms with van der Waals surface area (Å²) in [4.78, 5) is 26.9. The fraction of sp³-hybridized carbons (Fsp3) is 0.240. The van der Waals surface area contributed by atoms with Gasteiger partial charge in [0.25, 0.3) is 0 Å². The number of primary amides is 1. The van der Waals surface area contributed by atoms with Gasteiger partial charge >= 0.3 is 0 Å². The van der Waals surface area contributed by atoms with Crippen molar-refractivity contribution in [2.45, 2.75) is 32.9 Å². The number of anilines is 1. The van der Waals surface area contributed by atoms with Gasteiger partial charge in [-0.3, -0.25) is 19.1 Å². The molecule has 0 bridgehead atoms. The average Bonchev–Trinajstić information content (AvgIpc) is 3.01. The maximum atomic E-state index is 13.9. The molecular weight excluding hydrogens is 421 g/mol. The van der Waals surface area contributed by atoms with E-state index in [1.807, 2.05) is 24.3 Å². The zero-order valence-electron chi connectivity index (χ0n) is 18.4. The Morgan fingerprint density at radius 1 is 1.18 bits per heavy atom. The van der Waals surface area contributed by atoms with Gasteiger partial charge in [0, 0.05) is 12.2 Å². The molecule has 7 nitrogen and oxygen atoms in total. The predicted octanol–water partition coefficient (Wildman–Crippen LogP) is 2.96. The molecule has 0 unspecified atom stereocenters. The SMILES string of the molecule is Cc1c(C#N)c(NC(=O)CN2Cc3ccccc3C[C@H]2C(N)=O)n(-c2cccc(F)c2)c1C. The summed E-state index contributed by atoms with van der Waals surface area (Å²) < 4.78 is 15.6. The third-order valence-corrected chi connectivity index (χ3v) is 6.17. The number of amides is 2. The van der Waals surface area contributed by atoms with Crippen LogP contribution in [-0.4, -0.2) is 33.9 Å². The van der Waals surface area contributed by atoms with Crippen LogP contribution < -0.4 is 11.1 Å². The van der Waals surface area contributed by atoms with Crippen molar-refractivity contribution in [3.8, 4) is 11.8 Å². The second kappa shape index (κ2) is 8.88. The fourth-order valence-corrected chi connectivity index (χ4v) is 4.38. The zero-order chi connectivity index (χ0) is 23.7. The lowest BCUT2D eigenvalue weighted by Crippen LogP contribution is -2.51. The number of hydrogen-bond donors (Lipinski definition) is 2. The van der Waals surface area contributed by atoms with Gasteiger partial charge < -0.3 is 11.1 Å². The first kappa shape index (κ1) is 22.2. The molecule has 0 saturated heterocycles. The first-order valence-corrected chi connectivity index (χ1v) is 10.6. The Kier molecular flexibility index (Phi) is 5.99. The molecular formula is C25H24FN5O2. The lowest BCUT2D eigenvalue weighted by atomic mass is 9.93. The van der Waals surface area contributed by atoms with Crippen LogP contribution in [0.25, 0.3) is 5.69 Å². The summed E-state index contributed by atoms with van der Waals surface area (Å²) in [6.45, 7) is 3.91. The number of fused-ring (bicyclic) bond motifs is 1. The van der Waals surface area contributed by atoms with E-state index < -0.39 is 23.7 Å². The summed E-state index contributed by atoms with van der Waals surface area (Å²) in [6.07, 6.45) is 0.431. The van der Waals surface area contributed by atoms with E-state index in [9.17, 15) is 19.2 Å².